The maximum Gasteiger partial charge on any atom is 0.188 e. The van der Waals surface area contributed by atoms with Crippen LogP contribution in [-0.4, -0.2) is 19.3 Å². The van der Waals surface area contributed by atoms with Crippen molar-refractivity contribution in [2.24, 2.45) is 0 Å². The van der Waals surface area contributed by atoms with Crippen LogP contribution in [-0.2, 0) is 3.63 Å². The normalized spacial score (nSPS) is 8.71. The Hall–Kier alpha value is 1.14. The molecule has 37 valence electrons. The lowest BCUT2D eigenvalue weighted by atomic mass is 10.2. The summed E-state index contributed by atoms with van der Waals surface area (Å²) in [6.07, 6.45) is 0. The van der Waals surface area contributed by atoms with E-state index in [0.29, 0.717) is 0 Å². The molecule has 7 heavy (non-hydrogen) atoms. The second-order valence-electron chi connectivity index (χ2n) is 0.662. The zero-order chi connectivity index (χ0) is 5.54. The van der Waals surface area contributed by atoms with Crippen molar-refractivity contribution in [1.29, 1.82) is 0 Å². The van der Waals surface area contributed by atoms with Crippen LogP contribution in [0.1, 0.15) is 0 Å². The molecule has 0 fully saturated rings. The molecule has 0 bridgehead atoms. The van der Waals surface area contributed by atoms with Gasteiger partial charge in [0.25, 0.3) is 0 Å². The molecule has 0 aromatic carbocycles. The van der Waals surface area contributed by atoms with E-state index in [9.17, 15) is 0 Å². The fraction of sp³-hybridized carbons (Fsp3) is 1.00. The summed E-state index contributed by atoms with van der Waals surface area (Å²) in [5.74, 6) is 0. The summed E-state index contributed by atoms with van der Waals surface area (Å²) in [5, 5.41) is 0. The standard InChI is InChI=1S/CH3B2OS3/c2-7-3-1-6-4-5/h5H,1H2. The molecule has 0 aromatic rings. The molecule has 0 heterocycles. The molecule has 0 N–H and O–H groups in total. The van der Waals surface area contributed by atoms with Crippen LogP contribution in [0.25, 0.3) is 0 Å². The quantitative estimate of drug-likeness (QED) is 0.275. The number of hydrogen-bond acceptors (Lipinski definition) is 4. The average molecular weight is 149 g/mol. The van der Waals surface area contributed by atoms with E-state index in [2.05, 4.69) is 16.5 Å². The monoisotopic (exact) mass is 149 g/mol. The summed E-state index contributed by atoms with van der Waals surface area (Å²) in [6.45, 7) is 1.82. The summed E-state index contributed by atoms with van der Waals surface area (Å²) in [7, 11) is 5.04. The SMILES string of the molecule is [B]S[B]CSOS. The Balaban J connectivity index is 2.45. The van der Waals surface area contributed by atoms with Crippen molar-refractivity contribution in [2.45, 2.75) is 0 Å². The predicted octanol–water partition coefficient (Wildman–Crippen LogP) is 0.889. The van der Waals surface area contributed by atoms with E-state index in [4.69, 9.17) is 7.12 Å². The van der Waals surface area contributed by atoms with Gasteiger partial charge in [-0.3, -0.25) is 15.1 Å². The molecule has 1 nitrogen and oxygen atoms in total. The van der Waals surface area contributed by atoms with Crippen molar-refractivity contribution in [3.8, 4) is 0 Å². The predicted molar refractivity (Wildman–Crippen MR) is 41.6 cm³/mol. The first-order chi connectivity index (χ1) is 3.41. The third-order valence-corrected chi connectivity index (χ3v) is 1.58. The van der Waals surface area contributed by atoms with E-state index in [1.807, 2.05) is 6.56 Å². The van der Waals surface area contributed by atoms with Crippen molar-refractivity contribution in [3.63, 3.8) is 0 Å². The van der Waals surface area contributed by atoms with Crippen molar-refractivity contribution in [1.82, 2.24) is 0 Å². The highest BCUT2D eigenvalue weighted by Crippen LogP contribution is 2.04. The Morgan fingerprint density at radius 2 is 2.57 bits per heavy atom. The van der Waals surface area contributed by atoms with Gasteiger partial charge in [0.05, 0.1) is 0 Å². The van der Waals surface area contributed by atoms with Crippen LogP contribution in [0.5, 0.6) is 0 Å². The zero-order valence-electron chi connectivity index (χ0n) is 3.53. The molecule has 0 amide bonds. The molecule has 0 aromatic heterocycles. The molecule has 3 radical (unpaired) electrons. The average Bonchev–Trinajstić information content (AvgIpc) is 1.69. The van der Waals surface area contributed by atoms with Crippen molar-refractivity contribution in [2.75, 3.05) is 5.65 Å². The molecule has 0 aliphatic heterocycles. The fourth-order valence-electron chi connectivity index (χ4n) is 0.0975. The topological polar surface area (TPSA) is 9.23 Å². The van der Waals surface area contributed by atoms with E-state index >= 15 is 0 Å². The second kappa shape index (κ2) is 7.14. The van der Waals surface area contributed by atoms with Gasteiger partial charge in [-0.15, -0.1) is 0 Å². The smallest absolute Gasteiger partial charge is 0.188 e. The minimum atomic E-state index is 0.769. The number of thiol groups is 1. The minimum Gasteiger partial charge on any atom is -0.276 e. The van der Waals surface area contributed by atoms with Gasteiger partial charge in [-0.2, -0.15) is 0 Å². The lowest BCUT2D eigenvalue weighted by Gasteiger charge is -1.88. The van der Waals surface area contributed by atoms with Crippen molar-refractivity contribution < 1.29 is 3.63 Å². The van der Waals surface area contributed by atoms with Crippen LogP contribution in [0.2, 0.25) is 0 Å². The Morgan fingerprint density at radius 3 is 3.00 bits per heavy atom. The molecule has 0 aliphatic carbocycles. The van der Waals surface area contributed by atoms with Crippen LogP contribution in [0, 0.1) is 0 Å². The third kappa shape index (κ3) is 7.14. The van der Waals surface area contributed by atoms with Gasteiger partial charge in [0.15, 0.2) is 6.56 Å². The maximum atomic E-state index is 5.04. The molecule has 6 heteroatoms. The van der Waals surface area contributed by atoms with E-state index in [0.717, 1.165) is 5.65 Å². The zero-order valence-corrected chi connectivity index (χ0v) is 6.06. The Morgan fingerprint density at radius 1 is 1.86 bits per heavy atom. The van der Waals surface area contributed by atoms with Crippen LogP contribution in [0.15, 0.2) is 0 Å². The second-order valence-corrected chi connectivity index (χ2v) is 2.43. The van der Waals surface area contributed by atoms with Gasteiger partial charge in [-0.1, -0.05) is 0 Å². The summed E-state index contributed by atoms with van der Waals surface area (Å²) in [4.78, 5) is 0. The van der Waals surface area contributed by atoms with Gasteiger partial charge in [0, 0.05) is 5.65 Å². The summed E-state index contributed by atoms with van der Waals surface area (Å²) in [6, 6.07) is 0. The molecular formula is CH3B2OS3. The molecule has 0 unspecified atom stereocenters. The minimum absolute atomic E-state index is 0.769. The van der Waals surface area contributed by atoms with Gasteiger partial charge in [0.1, 0.15) is 7.12 Å². The first kappa shape index (κ1) is 8.14. The van der Waals surface area contributed by atoms with Crippen LogP contribution in [0.3, 0.4) is 0 Å². The largest absolute Gasteiger partial charge is 0.276 e. The highest BCUT2D eigenvalue weighted by Gasteiger charge is 1.84. The highest BCUT2D eigenvalue weighted by atomic mass is 32.2. The van der Waals surface area contributed by atoms with Crippen molar-refractivity contribution >= 4 is 50.1 Å². The van der Waals surface area contributed by atoms with Gasteiger partial charge in [-0.05, 0) is 25.0 Å². The van der Waals surface area contributed by atoms with Gasteiger partial charge < -0.3 is 0 Å². The molecule has 0 saturated heterocycles. The Kier molecular flexibility index (Phi) is 8.30. The van der Waals surface area contributed by atoms with Gasteiger partial charge in [0.2, 0.25) is 0 Å². The first-order valence-corrected chi connectivity index (χ1v) is 3.74. The van der Waals surface area contributed by atoms with Crippen LogP contribution < -0.4 is 0 Å². The Bertz CT molecular complexity index is 32.1. The molecule has 0 atom stereocenters. The molecule has 0 saturated carbocycles. The third-order valence-electron chi connectivity index (χ3n) is 0.285. The fourth-order valence-corrected chi connectivity index (χ4v) is 0.877. The Labute approximate surface area is 59.6 Å². The summed E-state index contributed by atoms with van der Waals surface area (Å²) >= 11 is 5.91. The lowest BCUT2D eigenvalue weighted by Crippen LogP contribution is -1.85. The molecular weight excluding hydrogens is 146 g/mol. The number of rotatable bonds is 4. The maximum absolute atomic E-state index is 5.04. The molecule has 0 aliphatic rings. The van der Waals surface area contributed by atoms with E-state index in [-0.39, 0.29) is 0 Å². The van der Waals surface area contributed by atoms with Crippen molar-refractivity contribution in [3.05, 3.63) is 0 Å². The van der Waals surface area contributed by atoms with E-state index < -0.39 is 0 Å². The van der Waals surface area contributed by atoms with Gasteiger partial charge in [-0.25, -0.2) is 0 Å². The molecule has 0 rings (SSSR count). The lowest BCUT2D eigenvalue weighted by molar-refractivity contribution is 0.778. The summed E-state index contributed by atoms with van der Waals surface area (Å²) < 4.78 is 4.35. The first-order valence-electron chi connectivity index (χ1n) is 1.52. The highest BCUT2D eigenvalue weighted by molar-refractivity contribution is 8.39. The van der Waals surface area contributed by atoms with Crippen LogP contribution in [0.4, 0.5) is 0 Å². The summed E-state index contributed by atoms with van der Waals surface area (Å²) in [5.41, 5.74) is 0.769. The number of hydrogen-bond donors (Lipinski definition) is 1. The van der Waals surface area contributed by atoms with Crippen LogP contribution >= 0.6 is 36.4 Å². The van der Waals surface area contributed by atoms with E-state index in [1.54, 1.807) is 0 Å². The van der Waals surface area contributed by atoms with E-state index in [1.165, 1.54) is 23.5 Å². The molecule has 0 spiro atoms. The van der Waals surface area contributed by atoms with Gasteiger partial charge >= 0.3 is 0 Å².